The van der Waals surface area contributed by atoms with E-state index in [9.17, 15) is 13.2 Å². The van der Waals surface area contributed by atoms with Crippen molar-refractivity contribution >= 4 is 16.0 Å². The molecule has 0 atom stereocenters. The van der Waals surface area contributed by atoms with E-state index in [0.717, 1.165) is 45.7 Å². The number of nitrogens with one attached hydrogen (secondary N) is 1. The molecular weight excluding hydrogens is 342 g/mol. The predicted octanol–water partition coefficient (Wildman–Crippen LogP) is 0.779. The van der Waals surface area contributed by atoms with Crippen LogP contribution >= 0.6 is 0 Å². The summed E-state index contributed by atoms with van der Waals surface area (Å²) >= 11 is 0. The van der Waals surface area contributed by atoms with Crippen molar-refractivity contribution in [2.75, 3.05) is 52.9 Å². The number of piperazine rings is 1. The average molecular weight is 369 g/mol. The van der Waals surface area contributed by atoms with E-state index in [-0.39, 0.29) is 10.5 Å². The van der Waals surface area contributed by atoms with Crippen LogP contribution in [0, 0.1) is 0 Å². The number of methoxy groups -OCH3 is 1. The maximum Gasteiger partial charge on any atom is 0.337 e. The third kappa shape index (κ3) is 5.78. The van der Waals surface area contributed by atoms with Crippen LogP contribution in [0.25, 0.3) is 0 Å². The van der Waals surface area contributed by atoms with Crippen molar-refractivity contribution in [1.29, 1.82) is 0 Å². The number of sulfonamides is 1. The lowest BCUT2D eigenvalue weighted by Crippen LogP contribution is -2.46. The van der Waals surface area contributed by atoms with Gasteiger partial charge < -0.3 is 14.5 Å². The summed E-state index contributed by atoms with van der Waals surface area (Å²) in [6.45, 7) is 8.70. The van der Waals surface area contributed by atoms with Crippen molar-refractivity contribution in [3.05, 3.63) is 29.8 Å². The summed E-state index contributed by atoms with van der Waals surface area (Å²) in [5.74, 6) is -0.553. The zero-order valence-corrected chi connectivity index (χ0v) is 15.7. The number of rotatable bonds is 8. The van der Waals surface area contributed by atoms with E-state index in [1.165, 1.54) is 31.4 Å². The first-order valence-electron chi connectivity index (χ1n) is 8.59. The Hall–Kier alpha value is -1.48. The van der Waals surface area contributed by atoms with Gasteiger partial charge in [0.05, 0.1) is 17.6 Å². The fourth-order valence-corrected chi connectivity index (χ4v) is 3.95. The molecular formula is C17H27N3O4S. The molecule has 0 amide bonds. The van der Waals surface area contributed by atoms with Gasteiger partial charge in [-0.05, 0) is 37.7 Å². The van der Waals surface area contributed by atoms with Gasteiger partial charge in [-0.3, -0.25) is 0 Å². The summed E-state index contributed by atoms with van der Waals surface area (Å²) in [7, 11) is -2.36. The molecule has 140 valence electrons. The van der Waals surface area contributed by atoms with E-state index < -0.39 is 16.0 Å². The number of nitrogens with zero attached hydrogens (tertiary/aromatic N) is 2. The maximum atomic E-state index is 12.3. The summed E-state index contributed by atoms with van der Waals surface area (Å²) in [5.41, 5.74) is 0.221. The number of ether oxygens (including phenoxy) is 1. The minimum Gasteiger partial charge on any atom is -0.465 e. The van der Waals surface area contributed by atoms with Gasteiger partial charge in [-0.15, -0.1) is 0 Å². The fourth-order valence-electron chi connectivity index (χ4n) is 2.83. The third-order valence-corrected chi connectivity index (χ3v) is 5.88. The highest BCUT2D eigenvalue weighted by molar-refractivity contribution is 7.89. The molecule has 25 heavy (non-hydrogen) atoms. The number of benzene rings is 1. The lowest BCUT2D eigenvalue weighted by Gasteiger charge is -2.33. The van der Waals surface area contributed by atoms with Gasteiger partial charge >= 0.3 is 5.97 Å². The Morgan fingerprint density at radius 2 is 1.88 bits per heavy atom. The van der Waals surface area contributed by atoms with Gasteiger partial charge in [-0.1, -0.05) is 13.0 Å². The molecule has 0 bridgehead atoms. The summed E-state index contributed by atoms with van der Waals surface area (Å²) in [4.78, 5) is 16.4. The van der Waals surface area contributed by atoms with E-state index in [2.05, 4.69) is 26.2 Å². The van der Waals surface area contributed by atoms with Crippen molar-refractivity contribution in [2.24, 2.45) is 0 Å². The molecule has 1 saturated heterocycles. The molecule has 1 aromatic rings. The average Bonchev–Trinajstić information content (AvgIpc) is 2.65. The van der Waals surface area contributed by atoms with Gasteiger partial charge in [0.1, 0.15) is 0 Å². The Kier molecular flexibility index (Phi) is 7.37. The van der Waals surface area contributed by atoms with Crippen LogP contribution in [-0.4, -0.2) is 77.1 Å². The second-order valence-corrected chi connectivity index (χ2v) is 7.81. The summed E-state index contributed by atoms with van der Waals surface area (Å²) in [5, 5.41) is 0. The van der Waals surface area contributed by atoms with Gasteiger partial charge in [-0.2, -0.15) is 0 Å². The van der Waals surface area contributed by atoms with E-state index >= 15 is 0 Å². The first-order valence-corrected chi connectivity index (χ1v) is 10.1. The minimum atomic E-state index is -3.62. The Morgan fingerprint density at radius 3 is 2.52 bits per heavy atom. The molecule has 1 aliphatic heterocycles. The first-order chi connectivity index (χ1) is 12.0. The second kappa shape index (κ2) is 9.28. The number of likely N-dealkylation sites (N-methyl/N-ethyl adjacent to an activating group) is 1. The zero-order chi connectivity index (χ0) is 18.3. The third-order valence-electron chi connectivity index (χ3n) is 4.42. The minimum absolute atomic E-state index is 0.0759. The molecule has 8 heteroatoms. The smallest absolute Gasteiger partial charge is 0.337 e. The summed E-state index contributed by atoms with van der Waals surface area (Å²) in [6.07, 6.45) is 0.752. The Balaban J connectivity index is 1.81. The van der Waals surface area contributed by atoms with Crippen LogP contribution in [0.1, 0.15) is 23.7 Å². The van der Waals surface area contributed by atoms with Gasteiger partial charge in [0.25, 0.3) is 0 Å². The standard InChI is InChI=1S/C17H27N3O4S/c1-3-19-10-12-20(13-11-19)9-5-8-18-25(22,23)16-7-4-6-15(14-16)17(21)24-2/h4,6-7,14,18H,3,5,8-13H2,1-2H3. The highest BCUT2D eigenvalue weighted by atomic mass is 32.2. The maximum absolute atomic E-state index is 12.3. The van der Waals surface area contributed by atoms with Gasteiger partial charge in [-0.25, -0.2) is 17.9 Å². The molecule has 1 aromatic carbocycles. The second-order valence-electron chi connectivity index (χ2n) is 6.05. The molecule has 0 spiro atoms. The Morgan fingerprint density at radius 1 is 1.20 bits per heavy atom. The van der Waals surface area contributed by atoms with E-state index in [1.807, 2.05) is 0 Å². The zero-order valence-electron chi connectivity index (χ0n) is 14.9. The van der Waals surface area contributed by atoms with Gasteiger partial charge in [0.2, 0.25) is 10.0 Å². The largest absolute Gasteiger partial charge is 0.465 e. The van der Waals surface area contributed by atoms with Gasteiger partial charge in [0.15, 0.2) is 0 Å². The van der Waals surface area contributed by atoms with Crippen molar-refractivity contribution < 1.29 is 17.9 Å². The van der Waals surface area contributed by atoms with Crippen LogP contribution < -0.4 is 4.72 Å². The normalized spacial score (nSPS) is 16.7. The molecule has 1 aliphatic rings. The quantitative estimate of drug-likeness (QED) is 0.539. The van der Waals surface area contributed by atoms with Crippen LogP contribution in [0.15, 0.2) is 29.2 Å². The van der Waals surface area contributed by atoms with Crippen LogP contribution in [0.4, 0.5) is 0 Å². The van der Waals surface area contributed by atoms with Crippen LogP contribution in [0.5, 0.6) is 0 Å². The Bertz CT molecular complexity index is 670. The van der Waals surface area contributed by atoms with Crippen LogP contribution in [0.2, 0.25) is 0 Å². The summed E-state index contributed by atoms with van der Waals surface area (Å²) < 4.78 is 31.9. The number of carbonyl (C=O) groups excluding carboxylic acids is 1. The number of hydrogen-bond acceptors (Lipinski definition) is 6. The van der Waals surface area contributed by atoms with Crippen LogP contribution in [-0.2, 0) is 14.8 Å². The predicted molar refractivity (Wildman–Crippen MR) is 96.1 cm³/mol. The number of esters is 1. The molecule has 2 rings (SSSR count). The van der Waals surface area contributed by atoms with E-state index in [1.54, 1.807) is 0 Å². The fraction of sp³-hybridized carbons (Fsp3) is 0.588. The molecule has 1 fully saturated rings. The topological polar surface area (TPSA) is 79.0 Å². The van der Waals surface area contributed by atoms with Crippen molar-refractivity contribution in [2.45, 2.75) is 18.2 Å². The highest BCUT2D eigenvalue weighted by Crippen LogP contribution is 2.12. The molecule has 1 N–H and O–H groups in total. The summed E-state index contributed by atoms with van der Waals surface area (Å²) in [6, 6.07) is 5.87. The Labute approximate surface area is 150 Å². The molecule has 0 aliphatic carbocycles. The number of hydrogen-bond donors (Lipinski definition) is 1. The van der Waals surface area contributed by atoms with E-state index in [4.69, 9.17) is 0 Å². The van der Waals surface area contributed by atoms with Crippen LogP contribution in [0.3, 0.4) is 0 Å². The lowest BCUT2D eigenvalue weighted by molar-refractivity contribution is 0.0600. The van der Waals surface area contributed by atoms with Crippen molar-refractivity contribution in [3.63, 3.8) is 0 Å². The molecule has 1 heterocycles. The molecule has 0 radical (unpaired) electrons. The lowest BCUT2D eigenvalue weighted by atomic mass is 10.2. The molecule has 7 nitrogen and oxygen atoms in total. The first kappa shape index (κ1) is 19.8. The van der Waals surface area contributed by atoms with Crippen molar-refractivity contribution in [1.82, 2.24) is 14.5 Å². The number of carbonyl (C=O) groups is 1. The van der Waals surface area contributed by atoms with Gasteiger partial charge in [0, 0.05) is 32.7 Å². The van der Waals surface area contributed by atoms with Crippen molar-refractivity contribution in [3.8, 4) is 0 Å². The molecule has 0 saturated carbocycles. The van der Waals surface area contributed by atoms with E-state index in [0.29, 0.717) is 6.54 Å². The molecule has 0 aromatic heterocycles. The molecule has 0 unspecified atom stereocenters. The highest BCUT2D eigenvalue weighted by Gasteiger charge is 2.17. The monoisotopic (exact) mass is 369 g/mol. The SMILES string of the molecule is CCN1CCN(CCCNS(=O)(=O)c2cccc(C(=O)OC)c2)CC1.